The first-order valence-electron chi connectivity index (χ1n) is 12.3. The van der Waals surface area contributed by atoms with E-state index in [0.717, 1.165) is 36.9 Å². The SMILES string of the molecule is O=C([C@H]1N[C@H]2c3ccc(C4=CCCCC4)c(=O)n3C[C@H]2[C@@H]1CO)N1CCc2ccccc2C1. The minimum atomic E-state index is -0.417. The zero-order chi connectivity index (χ0) is 22.5. The number of nitrogens with zero attached hydrogens (tertiary/aromatic N) is 2. The maximum absolute atomic E-state index is 13.5. The van der Waals surface area contributed by atoms with Gasteiger partial charge in [-0.1, -0.05) is 30.3 Å². The van der Waals surface area contributed by atoms with Crippen LogP contribution in [0.3, 0.4) is 0 Å². The molecule has 6 heteroatoms. The molecule has 2 aromatic rings. The highest BCUT2D eigenvalue weighted by molar-refractivity contribution is 5.83. The van der Waals surface area contributed by atoms with Crippen LogP contribution < -0.4 is 10.9 Å². The lowest BCUT2D eigenvalue weighted by Gasteiger charge is -2.33. The van der Waals surface area contributed by atoms with Crippen LogP contribution in [0.1, 0.15) is 54.1 Å². The first kappa shape index (κ1) is 20.9. The molecule has 4 atom stereocenters. The average Bonchev–Trinajstić information content (AvgIpc) is 3.40. The summed E-state index contributed by atoms with van der Waals surface area (Å²) in [5, 5.41) is 13.8. The fraction of sp³-hybridized carbons (Fsp3) is 0.481. The number of aliphatic hydroxyl groups is 1. The van der Waals surface area contributed by atoms with Crippen LogP contribution in [0, 0.1) is 11.8 Å². The highest BCUT2D eigenvalue weighted by Crippen LogP contribution is 2.43. The van der Waals surface area contributed by atoms with E-state index in [1.807, 2.05) is 27.7 Å². The summed E-state index contributed by atoms with van der Waals surface area (Å²) in [6.07, 6.45) is 7.41. The van der Waals surface area contributed by atoms with Crippen molar-refractivity contribution >= 4 is 11.5 Å². The average molecular weight is 446 g/mol. The maximum Gasteiger partial charge on any atom is 0.258 e. The highest BCUT2D eigenvalue weighted by atomic mass is 16.3. The van der Waals surface area contributed by atoms with Crippen molar-refractivity contribution < 1.29 is 9.90 Å². The van der Waals surface area contributed by atoms with Crippen molar-refractivity contribution in [2.24, 2.45) is 11.8 Å². The zero-order valence-corrected chi connectivity index (χ0v) is 18.9. The smallest absolute Gasteiger partial charge is 0.258 e. The fourth-order valence-corrected chi connectivity index (χ4v) is 6.45. The van der Waals surface area contributed by atoms with Gasteiger partial charge in [-0.2, -0.15) is 0 Å². The number of carbonyl (C=O) groups excluding carboxylic acids is 1. The van der Waals surface area contributed by atoms with Crippen molar-refractivity contribution in [3.8, 4) is 0 Å². The van der Waals surface area contributed by atoms with Crippen LogP contribution in [-0.2, 0) is 24.3 Å². The van der Waals surface area contributed by atoms with E-state index in [-0.39, 0.29) is 36.0 Å². The summed E-state index contributed by atoms with van der Waals surface area (Å²) in [7, 11) is 0. The highest BCUT2D eigenvalue weighted by Gasteiger charge is 2.51. The standard InChI is InChI=1S/C27H31N3O3/c31-16-22-21-15-30-23(11-10-20(26(30)32)18-7-2-1-3-8-18)24(21)28-25(22)27(33)29-13-12-17-6-4-5-9-19(17)14-29/h4-7,9-11,21-22,24-25,28,31H,1-3,8,12-16H2/t21-,22-,24+,25-/m0/s1. The van der Waals surface area contributed by atoms with Crippen molar-refractivity contribution in [2.45, 2.75) is 57.3 Å². The van der Waals surface area contributed by atoms with Gasteiger partial charge in [-0.15, -0.1) is 0 Å². The molecule has 1 aromatic carbocycles. The van der Waals surface area contributed by atoms with Gasteiger partial charge in [0.15, 0.2) is 0 Å². The third-order valence-electron chi connectivity index (χ3n) is 8.24. The van der Waals surface area contributed by atoms with Crippen LogP contribution in [0.5, 0.6) is 0 Å². The van der Waals surface area contributed by atoms with E-state index in [9.17, 15) is 14.7 Å². The predicted octanol–water partition coefficient (Wildman–Crippen LogP) is 2.64. The largest absolute Gasteiger partial charge is 0.396 e. The molecule has 0 bridgehead atoms. The van der Waals surface area contributed by atoms with Gasteiger partial charge in [-0.3, -0.25) is 14.9 Å². The first-order valence-corrected chi connectivity index (χ1v) is 12.3. The van der Waals surface area contributed by atoms with Gasteiger partial charge in [0, 0.05) is 49.3 Å². The summed E-state index contributed by atoms with van der Waals surface area (Å²) < 4.78 is 1.88. The van der Waals surface area contributed by atoms with Gasteiger partial charge in [0.2, 0.25) is 5.91 Å². The van der Waals surface area contributed by atoms with Gasteiger partial charge in [0.05, 0.1) is 12.1 Å². The molecule has 1 saturated heterocycles. The third kappa shape index (κ3) is 3.39. The number of aliphatic hydroxyl groups excluding tert-OH is 1. The molecular weight excluding hydrogens is 414 g/mol. The summed E-state index contributed by atoms with van der Waals surface area (Å²) in [5.41, 5.74) is 5.53. The topological polar surface area (TPSA) is 74.6 Å². The lowest BCUT2D eigenvalue weighted by Crippen LogP contribution is -2.49. The lowest BCUT2D eigenvalue weighted by molar-refractivity contribution is -0.135. The van der Waals surface area contributed by atoms with E-state index in [1.54, 1.807) is 0 Å². The molecule has 6 nitrogen and oxygen atoms in total. The number of fused-ring (bicyclic) bond motifs is 4. The Morgan fingerprint density at radius 2 is 1.94 bits per heavy atom. The van der Waals surface area contributed by atoms with Crippen LogP contribution in [0.2, 0.25) is 0 Å². The predicted molar refractivity (Wildman–Crippen MR) is 126 cm³/mol. The van der Waals surface area contributed by atoms with Gasteiger partial charge in [-0.25, -0.2) is 0 Å². The van der Waals surface area contributed by atoms with Gasteiger partial charge in [0.25, 0.3) is 5.56 Å². The summed E-state index contributed by atoms with van der Waals surface area (Å²) in [4.78, 5) is 28.8. The number of carbonyl (C=O) groups is 1. The number of aromatic nitrogens is 1. The lowest BCUT2D eigenvalue weighted by atomic mass is 9.87. The Morgan fingerprint density at radius 3 is 2.73 bits per heavy atom. The Kier molecular flexibility index (Phi) is 5.23. The Hall–Kier alpha value is -2.70. The van der Waals surface area contributed by atoms with Crippen LogP contribution in [0.4, 0.5) is 0 Å². The van der Waals surface area contributed by atoms with Crippen molar-refractivity contribution in [1.82, 2.24) is 14.8 Å². The van der Waals surface area contributed by atoms with E-state index in [0.29, 0.717) is 19.6 Å². The molecule has 3 aliphatic heterocycles. The van der Waals surface area contributed by atoms with Crippen molar-refractivity contribution in [1.29, 1.82) is 0 Å². The molecule has 33 heavy (non-hydrogen) atoms. The summed E-state index contributed by atoms with van der Waals surface area (Å²) >= 11 is 0. The number of pyridine rings is 1. The third-order valence-corrected chi connectivity index (χ3v) is 8.24. The second-order valence-corrected chi connectivity index (χ2v) is 9.97. The van der Waals surface area contributed by atoms with E-state index in [2.05, 4.69) is 29.6 Å². The number of nitrogens with one attached hydrogen (secondary N) is 1. The Balaban J connectivity index is 1.25. The molecular formula is C27H31N3O3. The van der Waals surface area contributed by atoms with E-state index >= 15 is 0 Å². The molecule has 0 spiro atoms. The summed E-state index contributed by atoms with van der Waals surface area (Å²) in [6.45, 7) is 1.83. The Bertz CT molecular complexity index is 1180. The summed E-state index contributed by atoms with van der Waals surface area (Å²) in [5.74, 6) is -0.0866. The second-order valence-electron chi connectivity index (χ2n) is 9.97. The molecule has 2 N–H and O–H groups in total. The van der Waals surface area contributed by atoms with Crippen LogP contribution in [-0.4, -0.2) is 39.7 Å². The summed E-state index contributed by atoms with van der Waals surface area (Å²) in [6, 6.07) is 11.8. The van der Waals surface area contributed by atoms with Crippen molar-refractivity contribution in [3.05, 3.63) is 75.2 Å². The number of benzene rings is 1. The maximum atomic E-state index is 13.5. The van der Waals surface area contributed by atoms with Crippen LogP contribution >= 0.6 is 0 Å². The minimum Gasteiger partial charge on any atom is -0.396 e. The molecule has 0 unspecified atom stereocenters. The Labute approximate surface area is 193 Å². The fourth-order valence-electron chi connectivity index (χ4n) is 6.45. The van der Waals surface area contributed by atoms with Crippen LogP contribution in [0.25, 0.3) is 5.57 Å². The van der Waals surface area contributed by atoms with E-state index in [4.69, 9.17) is 0 Å². The molecule has 4 aliphatic rings. The van der Waals surface area contributed by atoms with Crippen molar-refractivity contribution in [3.63, 3.8) is 0 Å². The minimum absolute atomic E-state index is 0.0457. The molecule has 172 valence electrons. The molecule has 4 heterocycles. The molecule has 0 saturated carbocycles. The quantitative estimate of drug-likeness (QED) is 0.762. The van der Waals surface area contributed by atoms with Crippen LogP contribution in [0.15, 0.2) is 47.3 Å². The molecule has 1 amide bonds. The van der Waals surface area contributed by atoms with Gasteiger partial charge < -0.3 is 14.6 Å². The number of hydrogen-bond donors (Lipinski definition) is 2. The molecule has 1 aliphatic carbocycles. The van der Waals surface area contributed by atoms with Gasteiger partial charge in [0.1, 0.15) is 0 Å². The molecule has 1 aromatic heterocycles. The van der Waals surface area contributed by atoms with E-state index in [1.165, 1.54) is 23.1 Å². The first-order chi connectivity index (χ1) is 16.2. The normalized spacial score (nSPS) is 28.2. The molecule has 0 radical (unpaired) electrons. The number of allylic oxidation sites excluding steroid dienone is 2. The van der Waals surface area contributed by atoms with Gasteiger partial charge >= 0.3 is 0 Å². The number of amides is 1. The second kappa shape index (κ2) is 8.26. The molecule has 6 rings (SSSR count). The monoisotopic (exact) mass is 445 g/mol. The molecule has 1 fully saturated rings. The van der Waals surface area contributed by atoms with E-state index < -0.39 is 6.04 Å². The zero-order valence-electron chi connectivity index (χ0n) is 18.9. The number of rotatable bonds is 3. The van der Waals surface area contributed by atoms with Gasteiger partial charge in [-0.05, 0) is 60.9 Å². The Morgan fingerprint density at radius 1 is 1.09 bits per heavy atom. The number of hydrogen-bond acceptors (Lipinski definition) is 4. The van der Waals surface area contributed by atoms with Crippen molar-refractivity contribution in [2.75, 3.05) is 13.2 Å².